The molecule has 160 valence electrons. The van der Waals surface area contributed by atoms with E-state index in [-0.39, 0.29) is 5.91 Å². The Balaban J connectivity index is 1.37. The topological polar surface area (TPSA) is 102 Å². The molecule has 0 atom stereocenters. The summed E-state index contributed by atoms with van der Waals surface area (Å²) in [5.41, 5.74) is 3.12. The molecule has 3 heterocycles. The summed E-state index contributed by atoms with van der Waals surface area (Å²) in [4.78, 5) is 16.9. The van der Waals surface area contributed by atoms with Gasteiger partial charge in [-0.2, -0.15) is 5.10 Å². The van der Waals surface area contributed by atoms with Crippen LogP contribution in [0.4, 0.5) is 5.82 Å². The van der Waals surface area contributed by atoms with Crippen LogP contribution in [0.15, 0.2) is 46.4 Å². The van der Waals surface area contributed by atoms with Crippen LogP contribution >= 0.6 is 11.3 Å². The molecule has 0 saturated carbocycles. The van der Waals surface area contributed by atoms with E-state index >= 15 is 0 Å². The predicted octanol–water partition coefficient (Wildman–Crippen LogP) is 4.49. The maximum atomic E-state index is 12.5. The molecule has 0 spiro atoms. The summed E-state index contributed by atoms with van der Waals surface area (Å²) in [7, 11) is 3.26. The number of hydrogen-bond donors (Lipinski definition) is 2. The van der Waals surface area contributed by atoms with Gasteiger partial charge >= 0.3 is 0 Å². The van der Waals surface area contributed by atoms with Crippen molar-refractivity contribution in [3.8, 4) is 23.0 Å². The lowest BCUT2D eigenvalue weighted by Crippen LogP contribution is -2.11. The SMILES string of the molecule is COc1cc(CCc2cc(NC(=O)c3coc(-c4csc(C)n4)c3)n[nH]2)cc(OC)c1. The normalized spacial score (nSPS) is 10.8. The molecule has 4 aromatic rings. The zero-order chi connectivity index (χ0) is 21.8. The molecule has 8 nitrogen and oxygen atoms in total. The molecule has 0 unspecified atom stereocenters. The van der Waals surface area contributed by atoms with Crippen molar-refractivity contribution in [2.24, 2.45) is 0 Å². The number of nitrogens with zero attached hydrogens (tertiary/aromatic N) is 2. The van der Waals surface area contributed by atoms with Gasteiger partial charge in [0.15, 0.2) is 11.6 Å². The lowest BCUT2D eigenvalue weighted by molar-refractivity contribution is 0.102. The Kier molecular flexibility index (Phi) is 6.03. The molecule has 31 heavy (non-hydrogen) atoms. The number of aryl methyl sites for hydroxylation is 3. The number of amides is 1. The van der Waals surface area contributed by atoms with Crippen LogP contribution in [0.3, 0.4) is 0 Å². The highest BCUT2D eigenvalue weighted by Gasteiger charge is 2.15. The van der Waals surface area contributed by atoms with Crippen molar-refractivity contribution < 1.29 is 18.7 Å². The van der Waals surface area contributed by atoms with Crippen molar-refractivity contribution in [1.29, 1.82) is 0 Å². The second-order valence-electron chi connectivity index (χ2n) is 6.90. The Morgan fingerprint density at radius 2 is 1.90 bits per heavy atom. The molecule has 0 aliphatic heterocycles. The van der Waals surface area contributed by atoms with E-state index in [9.17, 15) is 4.79 Å². The van der Waals surface area contributed by atoms with Crippen molar-refractivity contribution >= 4 is 23.1 Å². The summed E-state index contributed by atoms with van der Waals surface area (Å²) in [5, 5.41) is 12.8. The summed E-state index contributed by atoms with van der Waals surface area (Å²) in [6.07, 6.45) is 2.91. The van der Waals surface area contributed by atoms with Crippen LogP contribution in [-0.2, 0) is 12.8 Å². The van der Waals surface area contributed by atoms with Crippen molar-refractivity contribution in [3.63, 3.8) is 0 Å². The van der Waals surface area contributed by atoms with Gasteiger partial charge in [0.2, 0.25) is 0 Å². The first-order valence-electron chi connectivity index (χ1n) is 9.62. The summed E-state index contributed by atoms with van der Waals surface area (Å²) in [6, 6.07) is 9.28. The maximum Gasteiger partial charge on any atom is 0.260 e. The fourth-order valence-corrected chi connectivity index (χ4v) is 3.70. The molecule has 2 N–H and O–H groups in total. The number of carbonyl (C=O) groups is 1. The first kappa shape index (κ1) is 20.7. The molecule has 0 aliphatic carbocycles. The Morgan fingerprint density at radius 1 is 1.13 bits per heavy atom. The molecular formula is C22H22N4O4S. The minimum atomic E-state index is -0.294. The lowest BCUT2D eigenvalue weighted by atomic mass is 10.1. The summed E-state index contributed by atoms with van der Waals surface area (Å²) in [6.45, 7) is 1.92. The Morgan fingerprint density at radius 3 is 2.58 bits per heavy atom. The zero-order valence-corrected chi connectivity index (χ0v) is 18.2. The van der Waals surface area contributed by atoms with E-state index in [1.807, 2.05) is 36.6 Å². The van der Waals surface area contributed by atoms with Gasteiger partial charge in [0.25, 0.3) is 5.91 Å². The average Bonchev–Trinajstić information content (AvgIpc) is 3.52. The van der Waals surface area contributed by atoms with Gasteiger partial charge in [-0.05, 0) is 43.5 Å². The fourth-order valence-electron chi connectivity index (χ4n) is 3.10. The van der Waals surface area contributed by atoms with Crippen LogP contribution in [0.1, 0.15) is 26.6 Å². The largest absolute Gasteiger partial charge is 0.497 e. The van der Waals surface area contributed by atoms with Crippen molar-refractivity contribution in [2.45, 2.75) is 19.8 Å². The van der Waals surface area contributed by atoms with Crippen LogP contribution in [0.5, 0.6) is 11.5 Å². The number of nitrogens with one attached hydrogen (secondary N) is 2. The lowest BCUT2D eigenvalue weighted by Gasteiger charge is -2.07. The van der Waals surface area contributed by atoms with E-state index in [0.717, 1.165) is 46.3 Å². The van der Waals surface area contributed by atoms with E-state index in [4.69, 9.17) is 13.9 Å². The molecular weight excluding hydrogens is 416 g/mol. The fraction of sp³-hybridized carbons (Fsp3) is 0.227. The van der Waals surface area contributed by atoms with E-state index in [0.29, 0.717) is 17.1 Å². The van der Waals surface area contributed by atoms with E-state index < -0.39 is 0 Å². The highest BCUT2D eigenvalue weighted by atomic mass is 32.1. The van der Waals surface area contributed by atoms with Crippen LogP contribution in [0.2, 0.25) is 0 Å². The van der Waals surface area contributed by atoms with Crippen LogP contribution in [0, 0.1) is 6.92 Å². The second kappa shape index (κ2) is 9.05. The number of aromatic nitrogens is 3. The molecule has 0 radical (unpaired) electrons. The van der Waals surface area contributed by atoms with Gasteiger partial charge in [-0.1, -0.05) is 0 Å². The Bertz CT molecular complexity index is 1170. The molecule has 9 heteroatoms. The first-order valence-corrected chi connectivity index (χ1v) is 10.5. The Hall–Kier alpha value is -3.59. The predicted molar refractivity (Wildman–Crippen MR) is 118 cm³/mol. The molecule has 0 saturated heterocycles. The van der Waals surface area contributed by atoms with Crippen molar-refractivity contribution in [1.82, 2.24) is 15.2 Å². The second-order valence-corrected chi connectivity index (χ2v) is 7.97. The smallest absolute Gasteiger partial charge is 0.260 e. The Labute approximate surface area is 183 Å². The number of benzene rings is 1. The molecule has 3 aromatic heterocycles. The van der Waals surface area contributed by atoms with Crippen molar-refractivity contribution in [3.05, 3.63) is 63.8 Å². The number of furan rings is 1. The van der Waals surface area contributed by atoms with Gasteiger partial charge in [-0.3, -0.25) is 9.89 Å². The quantitative estimate of drug-likeness (QED) is 0.420. The number of ether oxygens (including phenoxy) is 2. The number of anilines is 1. The van der Waals surface area contributed by atoms with Gasteiger partial charge in [0.05, 0.1) is 24.8 Å². The number of hydrogen-bond acceptors (Lipinski definition) is 7. The zero-order valence-electron chi connectivity index (χ0n) is 17.4. The van der Waals surface area contributed by atoms with Crippen LogP contribution < -0.4 is 14.8 Å². The van der Waals surface area contributed by atoms with Gasteiger partial charge in [0.1, 0.15) is 23.5 Å². The number of carbonyl (C=O) groups excluding carboxylic acids is 1. The summed E-state index contributed by atoms with van der Waals surface area (Å²) >= 11 is 1.53. The molecule has 1 aromatic carbocycles. The third kappa shape index (κ3) is 4.95. The van der Waals surface area contributed by atoms with Gasteiger partial charge in [-0.25, -0.2) is 4.98 Å². The van der Waals surface area contributed by atoms with Crippen LogP contribution in [-0.4, -0.2) is 35.3 Å². The minimum Gasteiger partial charge on any atom is -0.497 e. The molecule has 0 fully saturated rings. The highest BCUT2D eigenvalue weighted by molar-refractivity contribution is 7.09. The van der Waals surface area contributed by atoms with E-state index in [2.05, 4.69) is 20.5 Å². The third-order valence-corrected chi connectivity index (χ3v) is 5.47. The monoisotopic (exact) mass is 438 g/mol. The number of aromatic amines is 1. The first-order chi connectivity index (χ1) is 15.0. The molecule has 4 rings (SSSR count). The number of methoxy groups -OCH3 is 2. The number of thiazole rings is 1. The number of H-pyrrole nitrogens is 1. The highest BCUT2D eigenvalue weighted by Crippen LogP contribution is 2.25. The van der Waals surface area contributed by atoms with E-state index in [1.54, 1.807) is 20.3 Å². The molecule has 0 aliphatic rings. The van der Waals surface area contributed by atoms with Crippen LogP contribution in [0.25, 0.3) is 11.5 Å². The van der Waals surface area contributed by atoms with E-state index in [1.165, 1.54) is 17.6 Å². The van der Waals surface area contributed by atoms with Gasteiger partial charge in [-0.15, -0.1) is 11.3 Å². The van der Waals surface area contributed by atoms with Gasteiger partial charge in [0, 0.05) is 23.2 Å². The summed E-state index contributed by atoms with van der Waals surface area (Å²) in [5.74, 6) is 2.22. The van der Waals surface area contributed by atoms with Gasteiger partial charge < -0.3 is 19.2 Å². The summed E-state index contributed by atoms with van der Waals surface area (Å²) < 4.78 is 16.1. The minimum absolute atomic E-state index is 0.294. The number of rotatable bonds is 8. The maximum absolute atomic E-state index is 12.5. The molecule has 0 bridgehead atoms. The molecule has 1 amide bonds. The standard InChI is InChI=1S/C22H22N4O4S/c1-13-23-19(12-31-13)20-8-15(11-30-20)22(27)24-21-9-16(25-26-21)5-4-14-6-17(28-2)10-18(7-14)29-3/h6-12H,4-5H2,1-3H3,(H2,24,25,26,27). The third-order valence-electron chi connectivity index (χ3n) is 4.70. The average molecular weight is 439 g/mol. The van der Waals surface area contributed by atoms with Crippen molar-refractivity contribution in [2.75, 3.05) is 19.5 Å².